The fourth-order valence-corrected chi connectivity index (χ4v) is 1.52. The van der Waals surface area contributed by atoms with Gasteiger partial charge in [-0.3, -0.25) is 0 Å². The molecule has 1 unspecified atom stereocenters. The second kappa shape index (κ2) is 6.90. The third kappa shape index (κ3) is 4.44. The fraction of sp³-hybridized carbons (Fsp3) is 0.636. The van der Waals surface area contributed by atoms with Gasteiger partial charge in [-0.05, 0) is 12.3 Å². The second-order valence-electron chi connectivity index (χ2n) is 3.82. The predicted molar refractivity (Wildman–Crippen MR) is 67.0 cm³/mol. The molecule has 96 valence electrons. The molecule has 1 heterocycles. The molecule has 4 N–H and O–H groups in total. The van der Waals surface area contributed by atoms with Gasteiger partial charge in [0.05, 0.1) is 7.11 Å². The van der Waals surface area contributed by atoms with Crippen molar-refractivity contribution in [2.45, 2.75) is 19.8 Å². The van der Waals surface area contributed by atoms with E-state index >= 15 is 0 Å². The molecule has 0 fully saturated rings. The first-order valence-electron chi connectivity index (χ1n) is 5.72. The van der Waals surface area contributed by atoms with Gasteiger partial charge < -0.3 is 20.9 Å². The Morgan fingerprint density at radius 1 is 1.53 bits per heavy atom. The van der Waals surface area contributed by atoms with E-state index < -0.39 is 0 Å². The van der Waals surface area contributed by atoms with Crippen molar-refractivity contribution in [3.63, 3.8) is 0 Å². The third-order valence-electron chi connectivity index (χ3n) is 2.62. The van der Waals surface area contributed by atoms with Crippen molar-refractivity contribution in [2.24, 2.45) is 5.92 Å². The Balaban J connectivity index is 2.58. The first-order chi connectivity index (χ1) is 8.19. The number of nitrogens with two attached hydrogens (primary N) is 1. The molecule has 0 amide bonds. The van der Waals surface area contributed by atoms with E-state index in [0.29, 0.717) is 17.6 Å². The average Bonchev–Trinajstić information content (AvgIpc) is 2.33. The van der Waals surface area contributed by atoms with E-state index in [1.165, 1.54) is 7.11 Å². The Kier molecular flexibility index (Phi) is 5.48. The van der Waals surface area contributed by atoms with Crippen molar-refractivity contribution in [3.05, 3.63) is 6.07 Å². The number of anilines is 2. The molecule has 0 aromatic carbocycles. The number of methoxy groups -OCH3 is 1. The summed E-state index contributed by atoms with van der Waals surface area (Å²) in [5, 5.41) is 12.1. The smallest absolute Gasteiger partial charge is 0.225 e. The number of hydrogen-bond acceptors (Lipinski definition) is 6. The molecule has 0 saturated carbocycles. The molecule has 17 heavy (non-hydrogen) atoms. The molecule has 6 heteroatoms. The monoisotopic (exact) mass is 240 g/mol. The number of aliphatic hydroxyl groups is 1. The van der Waals surface area contributed by atoms with E-state index in [1.54, 1.807) is 6.07 Å². The SMILES string of the molecule is CCC(CCO)CNc1cc(OC)nc(N)n1. The molecule has 0 bridgehead atoms. The minimum Gasteiger partial charge on any atom is -0.481 e. The first-order valence-corrected chi connectivity index (χ1v) is 5.72. The van der Waals surface area contributed by atoms with Crippen LogP contribution >= 0.6 is 0 Å². The first kappa shape index (κ1) is 13.5. The molecule has 0 aliphatic carbocycles. The highest BCUT2D eigenvalue weighted by Gasteiger charge is 2.07. The highest BCUT2D eigenvalue weighted by molar-refractivity contribution is 5.42. The fourth-order valence-electron chi connectivity index (χ4n) is 1.52. The van der Waals surface area contributed by atoms with Crippen LogP contribution in [0.2, 0.25) is 0 Å². The molecule has 1 rings (SSSR count). The van der Waals surface area contributed by atoms with Crippen molar-refractivity contribution in [1.82, 2.24) is 9.97 Å². The summed E-state index contributed by atoms with van der Waals surface area (Å²) < 4.78 is 5.01. The molecule has 0 aliphatic heterocycles. The Morgan fingerprint density at radius 2 is 2.29 bits per heavy atom. The van der Waals surface area contributed by atoms with Gasteiger partial charge in [0.2, 0.25) is 11.8 Å². The van der Waals surface area contributed by atoms with Gasteiger partial charge in [0.15, 0.2) is 0 Å². The van der Waals surface area contributed by atoms with E-state index in [2.05, 4.69) is 22.2 Å². The summed E-state index contributed by atoms with van der Waals surface area (Å²) in [7, 11) is 1.53. The average molecular weight is 240 g/mol. The van der Waals surface area contributed by atoms with E-state index in [9.17, 15) is 0 Å². The molecular formula is C11H20N4O2. The molecule has 0 radical (unpaired) electrons. The van der Waals surface area contributed by atoms with Crippen molar-refractivity contribution >= 4 is 11.8 Å². The Labute approximate surface area is 101 Å². The molecule has 1 aromatic rings. The van der Waals surface area contributed by atoms with Crippen LogP contribution in [0.3, 0.4) is 0 Å². The number of aromatic nitrogens is 2. The van der Waals surface area contributed by atoms with Gasteiger partial charge in [-0.15, -0.1) is 0 Å². The summed E-state index contributed by atoms with van der Waals surface area (Å²) in [6.07, 6.45) is 1.78. The van der Waals surface area contributed by atoms with Crippen LogP contribution in [0.1, 0.15) is 19.8 Å². The Morgan fingerprint density at radius 3 is 2.88 bits per heavy atom. The van der Waals surface area contributed by atoms with Gasteiger partial charge in [-0.1, -0.05) is 13.3 Å². The largest absolute Gasteiger partial charge is 0.481 e. The van der Waals surface area contributed by atoms with Gasteiger partial charge in [0, 0.05) is 19.2 Å². The number of hydrogen-bond donors (Lipinski definition) is 3. The minimum absolute atomic E-state index is 0.182. The quantitative estimate of drug-likeness (QED) is 0.655. The topological polar surface area (TPSA) is 93.3 Å². The van der Waals surface area contributed by atoms with Gasteiger partial charge >= 0.3 is 0 Å². The van der Waals surface area contributed by atoms with Crippen LogP contribution in [-0.2, 0) is 0 Å². The Bertz CT molecular complexity index is 346. The lowest BCUT2D eigenvalue weighted by atomic mass is 10.0. The van der Waals surface area contributed by atoms with Crippen LogP contribution < -0.4 is 15.8 Å². The van der Waals surface area contributed by atoms with Crippen LogP contribution in [0.15, 0.2) is 6.07 Å². The molecule has 1 atom stereocenters. The summed E-state index contributed by atoms with van der Waals surface area (Å²) >= 11 is 0. The van der Waals surface area contributed by atoms with Gasteiger partial charge in [-0.2, -0.15) is 9.97 Å². The normalized spacial score (nSPS) is 12.2. The number of aliphatic hydroxyl groups excluding tert-OH is 1. The maximum Gasteiger partial charge on any atom is 0.225 e. The lowest BCUT2D eigenvalue weighted by molar-refractivity contribution is 0.258. The lowest BCUT2D eigenvalue weighted by Crippen LogP contribution is -2.16. The molecular weight excluding hydrogens is 220 g/mol. The number of rotatable bonds is 7. The van der Waals surface area contributed by atoms with Crippen LogP contribution in [0.4, 0.5) is 11.8 Å². The molecule has 6 nitrogen and oxygen atoms in total. The number of nitrogens with zero attached hydrogens (tertiary/aromatic N) is 2. The Hall–Kier alpha value is -1.56. The van der Waals surface area contributed by atoms with Crippen LogP contribution in [-0.4, -0.2) is 35.3 Å². The summed E-state index contributed by atoms with van der Waals surface area (Å²) in [5.74, 6) is 1.69. The highest BCUT2D eigenvalue weighted by atomic mass is 16.5. The minimum atomic E-state index is 0.182. The van der Waals surface area contributed by atoms with Crippen LogP contribution in [0.25, 0.3) is 0 Å². The number of nitrogen functional groups attached to an aromatic ring is 1. The van der Waals surface area contributed by atoms with E-state index in [1.807, 2.05) is 0 Å². The summed E-state index contributed by atoms with van der Waals surface area (Å²) in [4.78, 5) is 7.96. The number of nitrogens with one attached hydrogen (secondary N) is 1. The zero-order valence-electron chi connectivity index (χ0n) is 10.3. The van der Waals surface area contributed by atoms with E-state index in [4.69, 9.17) is 15.6 Å². The van der Waals surface area contributed by atoms with Gasteiger partial charge in [0.1, 0.15) is 5.82 Å². The van der Waals surface area contributed by atoms with Gasteiger partial charge in [0.25, 0.3) is 0 Å². The van der Waals surface area contributed by atoms with Crippen LogP contribution in [0.5, 0.6) is 5.88 Å². The molecule has 0 spiro atoms. The number of ether oxygens (including phenoxy) is 1. The molecule has 1 aromatic heterocycles. The van der Waals surface area contributed by atoms with Crippen molar-refractivity contribution < 1.29 is 9.84 Å². The summed E-state index contributed by atoms with van der Waals surface area (Å²) in [6.45, 7) is 3.04. The standard InChI is InChI=1S/C11H20N4O2/c1-3-8(4-5-16)7-13-9-6-10(17-2)15-11(12)14-9/h6,8,16H,3-5,7H2,1-2H3,(H3,12,13,14,15). The maximum absolute atomic E-state index is 8.90. The summed E-state index contributed by atoms with van der Waals surface area (Å²) in [6, 6.07) is 1.70. The predicted octanol–water partition coefficient (Wildman–Crippen LogP) is 0.888. The maximum atomic E-state index is 8.90. The second-order valence-corrected chi connectivity index (χ2v) is 3.82. The zero-order chi connectivity index (χ0) is 12.7. The van der Waals surface area contributed by atoms with E-state index in [-0.39, 0.29) is 12.6 Å². The highest BCUT2D eigenvalue weighted by Crippen LogP contribution is 2.15. The third-order valence-corrected chi connectivity index (χ3v) is 2.62. The zero-order valence-corrected chi connectivity index (χ0v) is 10.3. The molecule has 0 aliphatic rings. The van der Waals surface area contributed by atoms with Crippen LogP contribution in [0, 0.1) is 5.92 Å². The van der Waals surface area contributed by atoms with Crippen molar-refractivity contribution in [2.75, 3.05) is 31.3 Å². The van der Waals surface area contributed by atoms with Gasteiger partial charge in [-0.25, -0.2) is 0 Å². The molecule has 0 saturated heterocycles. The summed E-state index contributed by atoms with van der Waals surface area (Å²) in [5.41, 5.74) is 5.55. The van der Waals surface area contributed by atoms with Crippen molar-refractivity contribution in [1.29, 1.82) is 0 Å². The van der Waals surface area contributed by atoms with Crippen molar-refractivity contribution in [3.8, 4) is 5.88 Å². The van der Waals surface area contributed by atoms with E-state index in [0.717, 1.165) is 19.4 Å². The lowest BCUT2D eigenvalue weighted by Gasteiger charge is -2.15.